The maximum absolute atomic E-state index is 5.56. The molecule has 86 valence electrons. The summed E-state index contributed by atoms with van der Waals surface area (Å²) in [6.45, 7) is 2.65. The molecule has 0 fully saturated rings. The van der Waals surface area contributed by atoms with Gasteiger partial charge in [-0.2, -0.15) is 0 Å². The van der Waals surface area contributed by atoms with E-state index in [9.17, 15) is 0 Å². The maximum Gasteiger partial charge on any atom is 0.119 e. The van der Waals surface area contributed by atoms with E-state index >= 15 is 0 Å². The van der Waals surface area contributed by atoms with Crippen molar-refractivity contribution in [1.82, 2.24) is 4.90 Å². The summed E-state index contributed by atoms with van der Waals surface area (Å²) in [6, 6.07) is 6.25. The van der Waals surface area contributed by atoms with Gasteiger partial charge in [0.25, 0.3) is 0 Å². The second-order valence-corrected chi connectivity index (χ2v) is 4.59. The molecule has 0 unspecified atom stereocenters. The lowest BCUT2D eigenvalue weighted by Gasteiger charge is -2.28. The third-order valence-corrected chi connectivity index (χ3v) is 3.01. The lowest BCUT2D eigenvalue weighted by Crippen LogP contribution is -2.36. The molecule has 0 atom stereocenters. The Bertz CT molecular complexity index is 406. The van der Waals surface area contributed by atoms with Crippen LogP contribution >= 0.6 is 12.2 Å². The summed E-state index contributed by atoms with van der Waals surface area (Å²) in [4.78, 5) is 2.84. The van der Waals surface area contributed by atoms with E-state index in [1.54, 1.807) is 7.11 Å². The van der Waals surface area contributed by atoms with Gasteiger partial charge in [0.05, 0.1) is 12.1 Å². The highest BCUT2D eigenvalue weighted by Gasteiger charge is 2.16. The van der Waals surface area contributed by atoms with E-state index in [0.717, 1.165) is 25.3 Å². The zero-order valence-electron chi connectivity index (χ0n) is 9.40. The molecule has 2 rings (SSSR count). The molecule has 0 amide bonds. The standard InChI is InChI=1S/C12H16N2OS/c1-15-11-3-2-10-7-14(8-12(13)16)5-4-9(10)6-11/h2-3,6H,4-5,7-8H2,1H3,(H2,13,16). The molecular formula is C12H16N2OS. The van der Waals surface area contributed by atoms with Crippen LogP contribution < -0.4 is 10.5 Å². The fourth-order valence-electron chi connectivity index (χ4n) is 2.07. The average molecular weight is 236 g/mol. The Hall–Kier alpha value is -1.13. The van der Waals surface area contributed by atoms with Crippen molar-refractivity contribution in [3.05, 3.63) is 29.3 Å². The fourth-order valence-corrected chi connectivity index (χ4v) is 2.25. The number of nitrogens with two attached hydrogens (primary N) is 1. The Morgan fingerprint density at radius 2 is 2.31 bits per heavy atom. The predicted octanol–water partition coefficient (Wildman–Crippen LogP) is 1.34. The highest BCUT2D eigenvalue weighted by Crippen LogP contribution is 2.23. The van der Waals surface area contributed by atoms with Crippen LogP contribution in [0.25, 0.3) is 0 Å². The lowest BCUT2D eigenvalue weighted by atomic mass is 9.99. The molecular weight excluding hydrogens is 220 g/mol. The SMILES string of the molecule is COc1ccc2c(c1)CCN(CC(N)=S)C2. The molecule has 1 aliphatic heterocycles. The molecule has 0 saturated heterocycles. The number of hydrogen-bond donors (Lipinski definition) is 1. The number of hydrogen-bond acceptors (Lipinski definition) is 3. The van der Waals surface area contributed by atoms with Crippen molar-refractivity contribution >= 4 is 17.2 Å². The number of nitrogens with zero attached hydrogens (tertiary/aromatic N) is 1. The third kappa shape index (κ3) is 2.51. The molecule has 1 heterocycles. The Balaban J connectivity index is 2.12. The molecule has 0 spiro atoms. The summed E-state index contributed by atoms with van der Waals surface area (Å²) < 4.78 is 5.22. The molecule has 1 aromatic rings. The van der Waals surface area contributed by atoms with E-state index in [2.05, 4.69) is 17.0 Å². The second-order valence-electron chi connectivity index (χ2n) is 4.06. The zero-order valence-corrected chi connectivity index (χ0v) is 10.2. The molecule has 3 nitrogen and oxygen atoms in total. The molecule has 4 heteroatoms. The van der Waals surface area contributed by atoms with Crippen molar-refractivity contribution < 1.29 is 4.74 Å². The summed E-state index contributed by atoms with van der Waals surface area (Å²) in [6.07, 6.45) is 1.04. The van der Waals surface area contributed by atoms with E-state index in [0.29, 0.717) is 11.5 Å². The molecule has 0 radical (unpaired) electrons. The first-order chi connectivity index (χ1) is 7.69. The third-order valence-electron chi connectivity index (χ3n) is 2.88. The Morgan fingerprint density at radius 1 is 1.50 bits per heavy atom. The molecule has 0 aromatic heterocycles. The van der Waals surface area contributed by atoms with Crippen LogP contribution in [0.2, 0.25) is 0 Å². The number of methoxy groups -OCH3 is 1. The van der Waals surface area contributed by atoms with E-state index in [1.807, 2.05) is 6.07 Å². The fraction of sp³-hybridized carbons (Fsp3) is 0.417. The van der Waals surface area contributed by atoms with Crippen LogP contribution in [-0.4, -0.2) is 30.1 Å². The van der Waals surface area contributed by atoms with Gasteiger partial charge in [-0.3, -0.25) is 4.90 Å². The van der Waals surface area contributed by atoms with E-state index in [-0.39, 0.29) is 0 Å². The van der Waals surface area contributed by atoms with E-state index in [4.69, 9.17) is 22.7 Å². The highest BCUT2D eigenvalue weighted by molar-refractivity contribution is 7.80. The van der Waals surface area contributed by atoms with Gasteiger partial charge < -0.3 is 10.5 Å². The predicted molar refractivity (Wildman–Crippen MR) is 68.8 cm³/mol. The van der Waals surface area contributed by atoms with Gasteiger partial charge in [-0.05, 0) is 29.7 Å². The van der Waals surface area contributed by atoms with Gasteiger partial charge in [0.15, 0.2) is 0 Å². The van der Waals surface area contributed by atoms with Gasteiger partial charge in [0.2, 0.25) is 0 Å². The van der Waals surface area contributed by atoms with Gasteiger partial charge in [-0.15, -0.1) is 0 Å². The average Bonchev–Trinajstić information content (AvgIpc) is 2.27. The Labute approximate surface area is 101 Å². The lowest BCUT2D eigenvalue weighted by molar-refractivity contribution is 0.290. The minimum atomic E-state index is 0.567. The van der Waals surface area contributed by atoms with Gasteiger partial charge in [0, 0.05) is 19.6 Å². The first kappa shape index (κ1) is 11.4. The van der Waals surface area contributed by atoms with Gasteiger partial charge in [0.1, 0.15) is 5.75 Å². The maximum atomic E-state index is 5.56. The van der Waals surface area contributed by atoms with Crippen LogP contribution in [0.15, 0.2) is 18.2 Å². The van der Waals surface area contributed by atoms with Crippen LogP contribution in [0.4, 0.5) is 0 Å². The molecule has 0 bridgehead atoms. The minimum Gasteiger partial charge on any atom is -0.497 e. The number of rotatable bonds is 3. The summed E-state index contributed by atoms with van der Waals surface area (Å²) >= 11 is 4.93. The van der Waals surface area contributed by atoms with Crippen LogP contribution in [-0.2, 0) is 13.0 Å². The van der Waals surface area contributed by atoms with Crippen molar-refractivity contribution in [3.63, 3.8) is 0 Å². The summed E-state index contributed by atoms with van der Waals surface area (Å²) in [5.74, 6) is 0.932. The largest absolute Gasteiger partial charge is 0.497 e. The van der Waals surface area contributed by atoms with Gasteiger partial charge in [-0.25, -0.2) is 0 Å². The summed E-state index contributed by atoms with van der Waals surface area (Å²) in [5.41, 5.74) is 8.28. The highest BCUT2D eigenvalue weighted by atomic mass is 32.1. The molecule has 0 aliphatic carbocycles. The zero-order chi connectivity index (χ0) is 11.5. The number of thiocarbonyl (C=S) groups is 1. The normalized spacial score (nSPS) is 15.6. The van der Waals surface area contributed by atoms with Crippen molar-refractivity contribution in [2.45, 2.75) is 13.0 Å². The smallest absolute Gasteiger partial charge is 0.119 e. The number of benzene rings is 1. The first-order valence-corrected chi connectivity index (χ1v) is 5.76. The number of fused-ring (bicyclic) bond motifs is 1. The summed E-state index contributed by atoms with van der Waals surface area (Å²) in [7, 11) is 1.70. The molecule has 2 N–H and O–H groups in total. The van der Waals surface area contributed by atoms with Gasteiger partial charge in [-0.1, -0.05) is 18.3 Å². The van der Waals surface area contributed by atoms with E-state index < -0.39 is 0 Å². The Morgan fingerprint density at radius 3 is 3.00 bits per heavy atom. The quantitative estimate of drug-likeness (QED) is 0.804. The molecule has 1 aromatic carbocycles. The van der Waals surface area contributed by atoms with Gasteiger partial charge >= 0.3 is 0 Å². The monoisotopic (exact) mass is 236 g/mol. The molecule has 16 heavy (non-hydrogen) atoms. The van der Waals surface area contributed by atoms with Crippen molar-refractivity contribution in [2.75, 3.05) is 20.2 Å². The molecule has 0 saturated carbocycles. The van der Waals surface area contributed by atoms with Crippen LogP contribution in [0.3, 0.4) is 0 Å². The summed E-state index contributed by atoms with van der Waals surface area (Å²) in [5, 5.41) is 0. The molecule has 1 aliphatic rings. The van der Waals surface area contributed by atoms with Crippen molar-refractivity contribution in [3.8, 4) is 5.75 Å². The van der Waals surface area contributed by atoms with E-state index in [1.165, 1.54) is 11.1 Å². The van der Waals surface area contributed by atoms with Crippen molar-refractivity contribution in [1.29, 1.82) is 0 Å². The topological polar surface area (TPSA) is 38.5 Å². The number of ether oxygens (including phenoxy) is 1. The van der Waals surface area contributed by atoms with Crippen molar-refractivity contribution in [2.24, 2.45) is 5.73 Å². The van der Waals surface area contributed by atoms with Crippen LogP contribution in [0.5, 0.6) is 5.75 Å². The minimum absolute atomic E-state index is 0.567. The van der Waals surface area contributed by atoms with Crippen LogP contribution in [0, 0.1) is 0 Å². The second kappa shape index (κ2) is 4.80. The first-order valence-electron chi connectivity index (χ1n) is 5.35. The Kier molecular flexibility index (Phi) is 3.41. The van der Waals surface area contributed by atoms with Crippen LogP contribution in [0.1, 0.15) is 11.1 Å².